The fourth-order valence-corrected chi connectivity index (χ4v) is 4.19. The molecule has 0 saturated carbocycles. The number of piperidine rings is 1. The molecule has 0 spiro atoms. The fourth-order valence-electron chi connectivity index (χ4n) is 3.67. The molecule has 2 amide bonds. The molecule has 4 nitrogen and oxygen atoms in total. The monoisotopic (exact) mass is 361 g/mol. The molecule has 0 bridgehead atoms. The minimum atomic E-state index is 0.207. The maximum atomic E-state index is 12.8. The summed E-state index contributed by atoms with van der Waals surface area (Å²) < 4.78 is 3.36. The number of likely N-dealkylation sites (tertiary alicyclic amines) is 1. The van der Waals surface area contributed by atoms with E-state index in [1.54, 1.807) is 0 Å². The highest BCUT2D eigenvalue weighted by atomic mass is 79.9. The molecule has 5 heteroatoms. The van der Waals surface area contributed by atoms with Gasteiger partial charge in [0.25, 0.3) is 0 Å². The number of hydrogen-bond acceptors (Lipinski definition) is 1. The maximum absolute atomic E-state index is 12.8. The van der Waals surface area contributed by atoms with Crippen LogP contribution in [0.2, 0.25) is 0 Å². The van der Waals surface area contributed by atoms with E-state index in [0.29, 0.717) is 6.54 Å². The van der Waals surface area contributed by atoms with Gasteiger partial charge >= 0.3 is 6.03 Å². The minimum Gasteiger partial charge on any atom is -0.345 e. The Morgan fingerprint density at radius 2 is 1.82 bits per heavy atom. The number of carbonyl (C=O) groups is 1. The highest BCUT2D eigenvalue weighted by molar-refractivity contribution is 9.10. The Kier molecular flexibility index (Phi) is 3.60. The van der Waals surface area contributed by atoms with Gasteiger partial charge in [-0.1, -0.05) is 15.9 Å². The fraction of sp³-hybridized carbons (Fsp3) is 0.471. The third-order valence-electron chi connectivity index (χ3n) is 4.77. The van der Waals surface area contributed by atoms with Gasteiger partial charge in [-0.25, -0.2) is 4.79 Å². The number of halogens is 1. The van der Waals surface area contributed by atoms with Crippen LogP contribution in [-0.2, 0) is 13.1 Å². The van der Waals surface area contributed by atoms with Gasteiger partial charge in [0, 0.05) is 48.8 Å². The van der Waals surface area contributed by atoms with Crippen molar-refractivity contribution in [2.45, 2.75) is 32.4 Å². The average molecular weight is 362 g/mol. The van der Waals surface area contributed by atoms with Crippen LogP contribution in [0.3, 0.4) is 0 Å². The molecule has 0 atom stereocenters. The number of rotatable bonds is 0. The highest BCUT2D eigenvalue weighted by Crippen LogP contribution is 2.29. The average Bonchev–Trinajstić information content (AvgIpc) is 2.84. The van der Waals surface area contributed by atoms with Crippen LogP contribution in [0.5, 0.6) is 0 Å². The van der Waals surface area contributed by atoms with E-state index < -0.39 is 0 Å². The number of carbonyl (C=O) groups excluding carboxylic acids is 1. The molecule has 22 heavy (non-hydrogen) atoms. The van der Waals surface area contributed by atoms with E-state index in [1.165, 1.54) is 22.9 Å². The zero-order valence-electron chi connectivity index (χ0n) is 12.6. The van der Waals surface area contributed by atoms with E-state index >= 15 is 0 Å². The molecule has 0 unspecified atom stereocenters. The number of hydrogen-bond donors (Lipinski definition) is 0. The van der Waals surface area contributed by atoms with Gasteiger partial charge in [-0.3, -0.25) is 0 Å². The van der Waals surface area contributed by atoms with Gasteiger partial charge in [-0.15, -0.1) is 0 Å². The zero-order chi connectivity index (χ0) is 15.1. The van der Waals surface area contributed by atoms with Gasteiger partial charge in [0.05, 0.1) is 5.52 Å². The second kappa shape index (κ2) is 5.61. The molecular formula is C17H20BrN3O. The largest absolute Gasteiger partial charge is 0.345 e. The van der Waals surface area contributed by atoms with Crippen LogP contribution in [0.25, 0.3) is 10.9 Å². The molecule has 0 aliphatic carbocycles. The molecule has 1 aromatic carbocycles. The minimum absolute atomic E-state index is 0.207. The van der Waals surface area contributed by atoms with Crippen LogP contribution in [0.4, 0.5) is 4.79 Å². The lowest BCUT2D eigenvalue weighted by atomic mass is 10.1. The van der Waals surface area contributed by atoms with Gasteiger partial charge in [-0.2, -0.15) is 0 Å². The Bertz CT molecular complexity index is 718. The summed E-state index contributed by atoms with van der Waals surface area (Å²) in [5.74, 6) is 0. The van der Waals surface area contributed by atoms with Crippen LogP contribution in [-0.4, -0.2) is 40.0 Å². The molecule has 0 N–H and O–H groups in total. The van der Waals surface area contributed by atoms with Crippen molar-refractivity contribution in [3.8, 4) is 0 Å². The van der Waals surface area contributed by atoms with Crippen molar-refractivity contribution in [2.24, 2.45) is 0 Å². The molecule has 2 aliphatic rings. The van der Waals surface area contributed by atoms with Crippen molar-refractivity contribution < 1.29 is 4.79 Å². The molecule has 2 aromatic rings. The molecule has 0 radical (unpaired) electrons. The van der Waals surface area contributed by atoms with E-state index in [4.69, 9.17) is 0 Å². The third kappa shape index (κ3) is 2.41. The number of nitrogens with zero attached hydrogens (tertiary/aromatic N) is 3. The van der Waals surface area contributed by atoms with Gasteiger partial charge in [0.2, 0.25) is 0 Å². The topological polar surface area (TPSA) is 28.5 Å². The smallest absolute Gasteiger partial charge is 0.320 e. The molecule has 4 rings (SSSR count). The molecule has 1 fully saturated rings. The highest BCUT2D eigenvalue weighted by Gasteiger charge is 2.25. The molecule has 1 saturated heterocycles. The normalized spacial score (nSPS) is 18.6. The summed E-state index contributed by atoms with van der Waals surface area (Å²) in [4.78, 5) is 16.9. The van der Waals surface area contributed by atoms with E-state index in [9.17, 15) is 4.79 Å². The summed E-state index contributed by atoms with van der Waals surface area (Å²) in [6.45, 7) is 4.18. The Morgan fingerprint density at radius 3 is 2.64 bits per heavy atom. The second-order valence-electron chi connectivity index (χ2n) is 6.26. The molecular weight excluding hydrogens is 342 g/mol. The van der Waals surface area contributed by atoms with Crippen molar-refractivity contribution in [3.05, 3.63) is 34.4 Å². The summed E-state index contributed by atoms with van der Waals surface area (Å²) in [6.07, 6.45) is 5.67. The Labute approximate surface area is 138 Å². The lowest BCUT2D eigenvalue weighted by Gasteiger charge is -2.32. The summed E-state index contributed by atoms with van der Waals surface area (Å²) in [5.41, 5.74) is 2.51. The van der Waals surface area contributed by atoms with E-state index in [2.05, 4.69) is 44.9 Å². The Balaban J connectivity index is 1.65. The first-order valence-electron chi connectivity index (χ1n) is 8.03. The quantitative estimate of drug-likeness (QED) is 0.700. The molecule has 2 aliphatic heterocycles. The Hall–Kier alpha value is -1.49. The number of urea groups is 1. The van der Waals surface area contributed by atoms with E-state index in [0.717, 1.165) is 43.5 Å². The molecule has 116 valence electrons. The van der Waals surface area contributed by atoms with Crippen LogP contribution < -0.4 is 0 Å². The van der Waals surface area contributed by atoms with Crippen LogP contribution in [0, 0.1) is 0 Å². The summed E-state index contributed by atoms with van der Waals surface area (Å²) in [5, 5.41) is 1.25. The first-order chi connectivity index (χ1) is 10.7. The van der Waals surface area contributed by atoms with Crippen molar-refractivity contribution in [3.63, 3.8) is 0 Å². The first-order valence-corrected chi connectivity index (χ1v) is 8.83. The van der Waals surface area contributed by atoms with Crippen molar-refractivity contribution >= 4 is 32.9 Å². The second-order valence-corrected chi connectivity index (χ2v) is 7.18. The van der Waals surface area contributed by atoms with Gasteiger partial charge in [0.1, 0.15) is 0 Å². The first kappa shape index (κ1) is 14.1. The summed E-state index contributed by atoms with van der Waals surface area (Å²) >= 11 is 3.59. The number of amides is 2. The number of benzene rings is 1. The van der Waals surface area contributed by atoms with Crippen LogP contribution in [0.1, 0.15) is 24.8 Å². The van der Waals surface area contributed by atoms with Crippen molar-refractivity contribution in [1.82, 2.24) is 14.4 Å². The lowest BCUT2D eigenvalue weighted by Crippen LogP contribution is -2.45. The third-order valence-corrected chi connectivity index (χ3v) is 5.23. The van der Waals surface area contributed by atoms with Crippen LogP contribution in [0.15, 0.2) is 28.9 Å². The molecule has 3 heterocycles. The van der Waals surface area contributed by atoms with Gasteiger partial charge in [-0.05, 0) is 43.0 Å². The number of aromatic nitrogens is 1. The van der Waals surface area contributed by atoms with Crippen molar-refractivity contribution in [2.75, 3.05) is 19.6 Å². The van der Waals surface area contributed by atoms with E-state index in [-0.39, 0.29) is 6.03 Å². The van der Waals surface area contributed by atoms with E-state index in [1.807, 2.05) is 9.80 Å². The molecule has 1 aromatic heterocycles. The SMILES string of the molecule is O=C(N1CCCCC1)N1CCn2ccc3cc(Br)cc(c32)C1. The predicted octanol–water partition coefficient (Wildman–Crippen LogP) is 3.83. The summed E-state index contributed by atoms with van der Waals surface area (Å²) in [7, 11) is 0. The van der Waals surface area contributed by atoms with Gasteiger partial charge in [0.15, 0.2) is 0 Å². The lowest BCUT2D eigenvalue weighted by molar-refractivity contribution is 0.140. The standard InChI is InChI=1S/C17H20BrN3O/c18-15-10-13-4-7-19-8-9-21(12-14(11-15)16(13)19)17(22)20-5-2-1-3-6-20/h4,7,10-11H,1-3,5-6,8-9,12H2. The summed E-state index contributed by atoms with van der Waals surface area (Å²) in [6, 6.07) is 6.67. The van der Waals surface area contributed by atoms with Crippen LogP contribution >= 0.6 is 15.9 Å². The maximum Gasteiger partial charge on any atom is 0.320 e. The van der Waals surface area contributed by atoms with Crippen molar-refractivity contribution in [1.29, 1.82) is 0 Å². The predicted molar refractivity (Wildman–Crippen MR) is 90.9 cm³/mol. The Morgan fingerprint density at radius 1 is 1.00 bits per heavy atom. The zero-order valence-corrected chi connectivity index (χ0v) is 14.2. The van der Waals surface area contributed by atoms with Gasteiger partial charge < -0.3 is 14.4 Å².